The molecular formula is C22H35NO5. The lowest BCUT2D eigenvalue weighted by atomic mass is 9.38. The quantitative estimate of drug-likeness (QED) is 0.414. The van der Waals surface area contributed by atoms with E-state index >= 15 is 0 Å². The van der Waals surface area contributed by atoms with Gasteiger partial charge in [0.2, 0.25) is 0 Å². The number of hydrogen-bond donors (Lipinski definition) is 4. The average Bonchev–Trinajstić information content (AvgIpc) is 3.16. The molecule has 6 saturated carbocycles. The Labute approximate surface area is 166 Å². The molecule has 6 nitrogen and oxygen atoms in total. The SMILES string of the molecule is CC[N@@+]1([O-])C[C@]2(C)CC[C@@H](O)[C@@]34C5C[C@H]6CC[C@@]5(C(C[C@H]23)C41)[C@H](O)[C@@]6(O)CO. The van der Waals surface area contributed by atoms with E-state index in [1.54, 1.807) is 0 Å². The minimum Gasteiger partial charge on any atom is -0.633 e. The van der Waals surface area contributed by atoms with Crippen molar-refractivity contribution in [3.63, 3.8) is 0 Å². The van der Waals surface area contributed by atoms with E-state index < -0.39 is 35.2 Å². The largest absolute Gasteiger partial charge is 0.633 e. The van der Waals surface area contributed by atoms with Gasteiger partial charge in [-0.25, -0.2) is 0 Å². The number of likely N-dealkylation sites (tertiary alicyclic amines) is 1. The highest BCUT2D eigenvalue weighted by Gasteiger charge is 2.88. The summed E-state index contributed by atoms with van der Waals surface area (Å²) in [7, 11) is 0. The zero-order chi connectivity index (χ0) is 19.9. The minimum atomic E-state index is -1.46. The average molecular weight is 394 g/mol. The van der Waals surface area contributed by atoms with Crippen molar-refractivity contribution in [3.05, 3.63) is 5.21 Å². The molecule has 7 fully saturated rings. The van der Waals surface area contributed by atoms with Crippen LogP contribution in [-0.4, -0.2) is 68.6 Å². The van der Waals surface area contributed by atoms with Crippen LogP contribution >= 0.6 is 0 Å². The lowest BCUT2D eigenvalue weighted by Gasteiger charge is -2.70. The number of nitrogens with zero attached hydrogens (tertiary/aromatic N) is 1. The van der Waals surface area contributed by atoms with Crippen molar-refractivity contribution in [1.82, 2.24) is 0 Å². The predicted octanol–water partition coefficient (Wildman–Crippen LogP) is 1.00. The van der Waals surface area contributed by atoms with Gasteiger partial charge in [0.05, 0.1) is 37.3 Å². The Morgan fingerprint density at radius 1 is 1.11 bits per heavy atom. The highest BCUT2D eigenvalue weighted by Crippen LogP contribution is 2.84. The van der Waals surface area contributed by atoms with Crippen LogP contribution in [0.4, 0.5) is 0 Å². The maximum Gasteiger partial charge on any atom is 0.117 e. The fraction of sp³-hybridized carbons (Fsp3) is 1.00. The van der Waals surface area contributed by atoms with Crippen LogP contribution in [0.1, 0.15) is 52.4 Å². The fourth-order valence-corrected chi connectivity index (χ4v) is 10.7. The number of rotatable bonds is 2. The highest BCUT2D eigenvalue weighted by molar-refractivity contribution is 5.33. The topological polar surface area (TPSA) is 104 Å². The van der Waals surface area contributed by atoms with Crippen molar-refractivity contribution in [2.75, 3.05) is 19.7 Å². The van der Waals surface area contributed by atoms with Gasteiger partial charge in [-0.3, -0.25) is 0 Å². The van der Waals surface area contributed by atoms with Gasteiger partial charge in [-0.2, -0.15) is 0 Å². The van der Waals surface area contributed by atoms with Crippen LogP contribution in [-0.2, 0) is 0 Å². The van der Waals surface area contributed by atoms with Crippen LogP contribution in [0, 0.1) is 45.1 Å². The van der Waals surface area contributed by atoms with Gasteiger partial charge >= 0.3 is 0 Å². The molecule has 7 rings (SSSR count). The summed E-state index contributed by atoms with van der Waals surface area (Å²) in [5.74, 6) is 0.311. The Morgan fingerprint density at radius 3 is 2.54 bits per heavy atom. The third-order valence-corrected chi connectivity index (χ3v) is 11.4. The first-order valence-electron chi connectivity index (χ1n) is 11.4. The van der Waals surface area contributed by atoms with E-state index in [1.807, 2.05) is 6.92 Å². The number of piperidine rings is 1. The second kappa shape index (κ2) is 4.97. The Hall–Kier alpha value is -0.240. The molecular weight excluding hydrogens is 358 g/mol. The molecule has 3 unspecified atom stereocenters. The number of hydroxylamine groups is 3. The maximum atomic E-state index is 14.3. The van der Waals surface area contributed by atoms with Crippen molar-refractivity contribution in [3.8, 4) is 0 Å². The smallest absolute Gasteiger partial charge is 0.117 e. The summed E-state index contributed by atoms with van der Waals surface area (Å²) < 4.78 is -0.248. The van der Waals surface area contributed by atoms with E-state index in [9.17, 15) is 25.6 Å². The molecule has 0 amide bonds. The lowest BCUT2D eigenvalue weighted by Crippen LogP contribution is -2.75. The summed E-state index contributed by atoms with van der Waals surface area (Å²) in [4.78, 5) is 0. The van der Waals surface area contributed by atoms with E-state index in [4.69, 9.17) is 0 Å². The molecule has 12 atom stereocenters. The zero-order valence-corrected chi connectivity index (χ0v) is 17.0. The van der Waals surface area contributed by atoms with Crippen LogP contribution in [0.3, 0.4) is 0 Å². The lowest BCUT2D eigenvalue weighted by molar-refractivity contribution is -0.927. The second-order valence-electron chi connectivity index (χ2n) is 11.7. The summed E-state index contributed by atoms with van der Waals surface area (Å²) in [5.41, 5.74) is -2.46. The van der Waals surface area contributed by atoms with E-state index in [1.165, 1.54) is 0 Å². The van der Waals surface area contributed by atoms with Crippen molar-refractivity contribution >= 4 is 0 Å². The molecule has 2 spiro atoms. The summed E-state index contributed by atoms with van der Waals surface area (Å²) in [6, 6.07) is -0.176. The molecule has 7 bridgehead atoms. The Morgan fingerprint density at radius 2 is 1.86 bits per heavy atom. The molecule has 7 aliphatic rings. The first-order chi connectivity index (χ1) is 13.1. The Bertz CT molecular complexity index is 734. The molecule has 0 aromatic heterocycles. The first kappa shape index (κ1) is 18.5. The van der Waals surface area contributed by atoms with Crippen molar-refractivity contribution in [2.24, 2.45) is 39.9 Å². The van der Waals surface area contributed by atoms with Crippen molar-refractivity contribution < 1.29 is 25.1 Å². The van der Waals surface area contributed by atoms with Crippen LogP contribution < -0.4 is 0 Å². The van der Waals surface area contributed by atoms with Crippen LogP contribution in [0.5, 0.6) is 0 Å². The second-order valence-corrected chi connectivity index (χ2v) is 11.7. The van der Waals surface area contributed by atoms with Gasteiger partial charge in [0.1, 0.15) is 11.6 Å². The maximum absolute atomic E-state index is 14.3. The Balaban J connectivity index is 1.60. The molecule has 1 heterocycles. The van der Waals surface area contributed by atoms with Gasteiger partial charge in [-0.1, -0.05) is 6.92 Å². The van der Waals surface area contributed by atoms with Gasteiger partial charge in [-0.15, -0.1) is 0 Å². The molecule has 158 valence electrons. The van der Waals surface area contributed by atoms with Crippen LogP contribution in [0.25, 0.3) is 0 Å². The van der Waals surface area contributed by atoms with Crippen LogP contribution in [0.15, 0.2) is 0 Å². The summed E-state index contributed by atoms with van der Waals surface area (Å²) in [5, 5.41) is 58.5. The molecule has 1 saturated heterocycles. The van der Waals surface area contributed by atoms with Gasteiger partial charge in [-0.05, 0) is 63.2 Å². The third kappa shape index (κ3) is 1.53. The number of hydrogen-bond acceptors (Lipinski definition) is 5. The molecule has 0 radical (unpaired) electrons. The standard InChI is InChI=1S/C22H35NO5/c1-3-23(28)10-19(2)6-5-16(25)22-14(19)9-13(17(22)23)20-7-4-12(8-15(20)22)21(27,11-24)18(20)26/h12-18,24-27H,3-11H2,1-2H3/t12-,13?,14-,15?,16-,17?,18+,19+,20+,21-,22+,23-/m1/s1. The number of aliphatic hydroxyl groups is 4. The Kier molecular flexibility index (Phi) is 3.29. The van der Waals surface area contributed by atoms with Gasteiger partial charge in [0.15, 0.2) is 0 Å². The zero-order valence-electron chi connectivity index (χ0n) is 17.0. The monoisotopic (exact) mass is 393 g/mol. The molecule has 4 N–H and O–H groups in total. The van der Waals surface area contributed by atoms with Crippen LogP contribution in [0.2, 0.25) is 0 Å². The van der Waals surface area contributed by atoms with E-state index in [0.29, 0.717) is 19.0 Å². The highest BCUT2D eigenvalue weighted by atomic mass is 16.5. The van der Waals surface area contributed by atoms with E-state index in [-0.39, 0.29) is 33.9 Å². The van der Waals surface area contributed by atoms with Gasteiger partial charge in [0.25, 0.3) is 0 Å². The minimum absolute atomic E-state index is 0.0313. The molecule has 0 aromatic carbocycles. The molecule has 1 aliphatic heterocycles. The van der Waals surface area contributed by atoms with E-state index in [2.05, 4.69) is 6.92 Å². The summed E-state index contributed by atoms with van der Waals surface area (Å²) in [6.45, 7) is 4.96. The molecule has 6 aliphatic carbocycles. The van der Waals surface area contributed by atoms with Gasteiger partial charge in [0, 0.05) is 16.7 Å². The molecule has 6 heteroatoms. The van der Waals surface area contributed by atoms with Crippen molar-refractivity contribution in [2.45, 2.75) is 76.2 Å². The number of fused-ring (bicyclic) bond motifs is 2. The predicted molar refractivity (Wildman–Crippen MR) is 102 cm³/mol. The summed E-state index contributed by atoms with van der Waals surface area (Å²) in [6.07, 6.45) is 3.40. The van der Waals surface area contributed by atoms with Gasteiger partial charge < -0.3 is 30.3 Å². The van der Waals surface area contributed by atoms with E-state index in [0.717, 1.165) is 38.5 Å². The molecule has 0 aromatic rings. The normalized spacial score (nSPS) is 68.9. The molecule has 28 heavy (non-hydrogen) atoms. The third-order valence-electron chi connectivity index (χ3n) is 11.4. The number of aliphatic hydroxyl groups excluding tert-OH is 3. The summed E-state index contributed by atoms with van der Waals surface area (Å²) >= 11 is 0. The fourth-order valence-electron chi connectivity index (χ4n) is 10.7. The van der Waals surface area contributed by atoms with Crippen molar-refractivity contribution in [1.29, 1.82) is 0 Å². The number of quaternary nitrogens is 1. The first-order valence-corrected chi connectivity index (χ1v) is 11.4.